The minimum atomic E-state index is -0.149. The van der Waals surface area contributed by atoms with Gasteiger partial charge in [0.1, 0.15) is 0 Å². The van der Waals surface area contributed by atoms with E-state index in [9.17, 15) is 4.79 Å². The van der Waals surface area contributed by atoms with Gasteiger partial charge in [0.05, 0.1) is 5.56 Å². The van der Waals surface area contributed by atoms with Crippen molar-refractivity contribution in [1.82, 2.24) is 4.98 Å². The Morgan fingerprint density at radius 1 is 1.11 bits per heavy atom. The Morgan fingerprint density at radius 2 is 1.89 bits per heavy atom. The molecule has 18 heavy (non-hydrogen) atoms. The number of pyridine rings is 1. The van der Waals surface area contributed by atoms with E-state index in [-0.39, 0.29) is 5.91 Å². The molecule has 0 spiro atoms. The molecule has 1 amide bonds. The van der Waals surface area contributed by atoms with Gasteiger partial charge in [-0.3, -0.25) is 9.78 Å². The Hall–Kier alpha value is -1.68. The van der Waals surface area contributed by atoms with Crippen molar-refractivity contribution in [3.05, 3.63) is 57.8 Å². The zero-order chi connectivity index (χ0) is 13.1. The zero-order valence-corrected chi connectivity index (χ0v) is 11.8. The van der Waals surface area contributed by atoms with Gasteiger partial charge in [-0.1, -0.05) is 15.9 Å². The number of rotatable bonds is 2. The maximum atomic E-state index is 12.0. The van der Waals surface area contributed by atoms with Crippen LogP contribution in [-0.4, -0.2) is 10.9 Å². The van der Waals surface area contributed by atoms with Crippen LogP contribution in [0.15, 0.2) is 41.1 Å². The first-order valence-corrected chi connectivity index (χ1v) is 6.34. The van der Waals surface area contributed by atoms with E-state index in [1.54, 1.807) is 12.4 Å². The summed E-state index contributed by atoms with van der Waals surface area (Å²) in [4.78, 5) is 16.0. The molecule has 92 valence electrons. The SMILES string of the molecule is Cc1cc(Br)cc(NC(=O)c2cncc(C)c2)c1. The van der Waals surface area contributed by atoms with Crippen molar-refractivity contribution in [2.75, 3.05) is 5.32 Å². The highest BCUT2D eigenvalue weighted by molar-refractivity contribution is 9.10. The number of aromatic nitrogens is 1. The van der Waals surface area contributed by atoms with Gasteiger partial charge in [0.2, 0.25) is 0 Å². The van der Waals surface area contributed by atoms with Gasteiger partial charge in [0, 0.05) is 22.6 Å². The second-order valence-corrected chi connectivity index (χ2v) is 5.14. The van der Waals surface area contributed by atoms with Gasteiger partial charge in [-0.2, -0.15) is 0 Å². The number of hydrogen-bond acceptors (Lipinski definition) is 2. The molecule has 1 N–H and O–H groups in total. The topological polar surface area (TPSA) is 42.0 Å². The summed E-state index contributed by atoms with van der Waals surface area (Å²) in [5.41, 5.74) is 3.39. The number of hydrogen-bond donors (Lipinski definition) is 1. The smallest absolute Gasteiger partial charge is 0.257 e. The number of aryl methyl sites for hydroxylation is 2. The molecule has 1 aromatic carbocycles. The molecular formula is C14H13BrN2O. The molecule has 4 heteroatoms. The fraction of sp³-hybridized carbons (Fsp3) is 0.143. The molecular weight excluding hydrogens is 292 g/mol. The van der Waals surface area contributed by atoms with Gasteiger partial charge in [0.15, 0.2) is 0 Å². The molecule has 0 bridgehead atoms. The van der Waals surface area contributed by atoms with Crippen LogP contribution in [0.1, 0.15) is 21.5 Å². The van der Waals surface area contributed by atoms with E-state index in [0.29, 0.717) is 5.56 Å². The van der Waals surface area contributed by atoms with Crippen LogP contribution in [0.4, 0.5) is 5.69 Å². The molecule has 0 atom stereocenters. The van der Waals surface area contributed by atoms with Gasteiger partial charge in [-0.05, 0) is 49.2 Å². The van der Waals surface area contributed by atoms with E-state index >= 15 is 0 Å². The first kappa shape index (κ1) is 12.8. The van der Waals surface area contributed by atoms with E-state index < -0.39 is 0 Å². The monoisotopic (exact) mass is 304 g/mol. The number of benzene rings is 1. The summed E-state index contributed by atoms with van der Waals surface area (Å²) >= 11 is 3.41. The van der Waals surface area contributed by atoms with Crippen molar-refractivity contribution in [1.29, 1.82) is 0 Å². The van der Waals surface area contributed by atoms with E-state index in [2.05, 4.69) is 26.2 Å². The number of carbonyl (C=O) groups excluding carboxylic acids is 1. The fourth-order valence-electron chi connectivity index (χ4n) is 1.69. The van der Waals surface area contributed by atoms with Crippen LogP contribution in [0.25, 0.3) is 0 Å². The molecule has 0 aliphatic rings. The minimum absolute atomic E-state index is 0.149. The molecule has 0 aliphatic heterocycles. The summed E-state index contributed by atoms with van der Waals surface area (Å²) in [6.07, 6.45) is 3.28. The molecule has 3 nitrogen and oxygen atoms in total. The summed E-state index contributed by atoms with van der Waals surface area (Å²) in [5.74, 6) is -0.149. The van der Waals surface area contributed by atoms with Crippen molar-refractivity contribution in [3.63, 3.8) is 0 Å². The highest BCUT2D eigenvalue weighted by atomic mass is 79.9. The molecule has 0 saturated heterocycles. The van der Waals surface area contributed by atoms with E-state index in [1.165, 1.54) is 0 Å². The first-order chi connectivity index (χ1) is 8.54. The van der Waals surface area contributed by atoms with Crippen LogP contribution in [0.5, 0.6) is 0 Å². The van der Waals surface area contributed by atoms with Gasteiger partial charge in [0.25, 0.3) is 5.91 Å². The average Bonchev–Trinajstić information content (AvgIpc) is 2.27. The number of nitrogens with one attached hydrogen (secondary N) is 1. The predicted octanol–water partition coefficient (Wildman–Crippen LogP) is 3.71. The van der Waals surface area contributed by atoms with E-state index in [0.717, 1.165) is 21.3 Å². The third kappa shape index (κ3) is 3.17. The summed E-state index contributed by atoms with van der Waals surface area (Å²) < 4.78 is 0.945. The van der Waals surface area contributed by atoms with Crippen LogP contribution in [0.2, 0.25) is 0 Å². The molecule has 0 radical (unpaired) electrons. The van der Waals surface area contributed by atoms with Crippen molar-refractivity contribution in [2.24, 2.45) is 0 Å². The molecule has 0 aliphatic carbocycles. The molecule has 1 aromatic heterocycles. The minimum Gasteiger partial charge on any atom is -0.322 e. The lowest BCUT2D eigenvalue weighted by atomic mass is 10.2. The lowest BCUT2D eigenvalue weighted by Crippen LogP contribution is -2.12. The third-order valence-electron chi connectivity index (χ3n) is 2.44. The summed E-state index contributed by atoms with van der Waals surface area (Å²) in [7, 11) is 0. The van der Waals surface area contributed by atoms with Crippen molar-refractivity contribution in [2.45, 2.75) is 13.8 Å². The lowest BCUT2D eigenvalue weighted by molar-refractivity contribution is 0.102. The first-order valence-electron chi connectivity index (χ1n) is 5.55. The van der Waals surface area contributed by atoms with Gasteiger partial charge >= 0.3 is 0 Å². The summed E-state index contributed by atoms with van der Waals surface area (Å²) in [6.45, 7) is 3.89. The Kier molecular flexibility index (Phi) is 3.77. The largest absolute Gasteiger partial charge is 0.322 e. The molecule has 0 fully saturated rings. The molecule has 2 rings (SSSR count). The highest BCUT2D eigenvalue weighted by Gasteiger charge is 2.07. The fourth-order valence-corrected chi connectivity index (χ4v) is 2.30. The van der Waals surface area contributed by atoms with Gasteiger partial charge in [-0.25, -0.2) is 0 Å². The second kappa shape index (κ2) is 5.31. The number of nitrogens with zero attached hydrogens (tertiary/aromatic N) is 1. The number of amides is 1. The Bertz CT molecular complexity index is 576. The van der Waals surface area contributed by atoms with E-state index in [4.69, 9.17) is 0 Å². The number of halogens is 1. The molecule has 1 heterocycles. The van der Waals surface area contributed by atoms with Crippen molar-refractivity contribution < 1.29 is 4.79 Å². The normalized spacial score (nSPS) is 10.2. The van der Waals surface area contributed by atoms with E-state index in [1.807, 2.05) is 38.1 Å². The highest BCUT2D eigenvalue weighted by Crippen LogP contribution is 2.19. The van der Waals surface area contributed by atoms with Gasteiger partial charge in [-0.15, -0.1) is 0 Å². The second-order valence-electron chi connectivity index (χ2n) is 4.22. The van der Waals surface area contributed by atoms with Crippen molar-refractivity contribution in [3.8, 4) is 0 Å². The summed E-state index contributed by atoms with van der Waals surface area (Å²) in [6, 6.07) is 7.59. The third-order valence-corrected chi connectivity index (χ3v) is 2.89. The number of carbonyl (C=O) groups is 1. The summed E-state index contributed by atoms with van der Waals surface area (Å²) in [5, 5.41) is 2.86. The molecule has 2 aromatic rings. The van der Waals surface area contributed by atoms with Gasteiger partial charge < -0.3 is 5.32 Å². The quantitative estimate of drug-likeness (QED) is 0.919. The zero-order valence-electron chi connectivity index (χ0n) is 10.2. The average molecular weight is 305 g/mol. The molecule has 0 unspecified atom stereocenters. The molecule has 0 saturated carbocycles. The lowest BCUT2D eigenvalue weighted by Gasteiger charge is -2.07. The maximum Gasteiger partial charge on any atom is 0.257 e. The van der Waals surface area contributed by atoms with Crippen LogP contribution >= 0.6 is 15.9 Å². The van der Waals surface area contributed by atoms with Crippen LogP contribution in [0, 0.1) is 13.8 Å². The predicted molar refractivity (Wildman–Crippen MR) is 75.8 cm³/mol. The van der Waals surface area contributed by atoms with Crippen LogP contribution in [-0.2, 0) is 0 Å². The Labute approximate surface area is 114 Å². The maximum absolute atomic E-state index is 12.0. The number of anilines is 1. The Balaban J connectivity index is 2.21. The van der Waals surface area contributed by atoms with Crippen LogP contribution < -0.4 is 5.32 Å². The Morgan fingerprint density at radius 3 is 2.56 bits per heavy atom. The van der Waals surface area contributed by atoms with Crippen LogP contribution in [0.3, 0.4) is 0 Å². The standard InChI is InChI=1S/C14H13BrN2O/c1-9-4-12(15)6-13(5-9)17-14(18)11-3-10(2)7-16-8-11/h3-8H,1-2H3,(H,17,18). The van der Waals surface area contributed by atoms with Crippen molar-refractivity contribution >= 4 is 27.5 Å².